The fourth-order valence-electron chi connectivity index (χ4n) is 0.891. The molecule has 6 heteroatoms. The molecule has 0 bridgehead atoms. The van der Waals surface area contributed by atoms with E-state index in [1.165, 1.54) is 7.11 Å². The molecular formula is C8H12N4O2. The summed E-state index contributed by atoms with van der Waals surface area (Å²) in [6.45, 7) is 0.0278. The molecule has 14 heavy (non-hydrogen) atoms. The monoisotopic (exact) mass is 196 g/mol. The normalized spacial score (nSPS) is 9.50. The van der Waals surface area contributed by atoms with Gasteiger partial charge >= 0.3 is 0 Å². The number of ether oxygens (including phenoxy) is 1. The number of pyridine rings is 1. The van der Waals surface area contributed by atoms with Gasteiger partial charge in [0.15, 0.2) is 0 Å². The largest absolute Gasteiger partial charge is 0.479 e. The van der Waals surface area contributed by atoms with Crippen molar-refractivity contribution in [2.45, 2.75) is 0 Å². The molecule has 0 radical (unpaired) electrons. The van der Waals surface area contributed by atoms with Crippen molar-refractivity contribution in [1.82, 2.24) is 4.98 Å². The summed E-state index contributed by atoms with van der Waals surface area (Å²) in [5.41, 5.74) is 10.9. The highest BCUT2D eigenvalue weighted by Gasteiger charge is 2.02. The summed E-state index contributed by atoms with van der Waals surface area (Å²) in [5.74, 6) is 0.358. The van der Waals surface area contributed by atoms with Gasteiger partial charge in [-0.1, -0.05) is 0 Å². The highest BCUT2D eigenvalue weighted by Crippen LogP contribution is 2.19. The second kappa shape index (κ2) is 4.31. The van der Waals surface area contributed by atoms with E-state index in [9.17, 15) is 4.79 Å². The predicted octanol–water partition coefficient (Wildman–Crippen LogP) is -0.430. The zero-order chi connectivity index (χ0) is 10.6. The number of amides is 1. The second-order valence-corrected chi connectivity index (χ2v) is 2.61. The van der Waals surface area contributed by atoms with Crippen LogP contribution in [0.3, 0.4) is 0 Å². The van der Waals surface area contributed by atoms with Crippen LogP contribution < -0.4 is 21.5 Å². The quantitative estimate of drug-likeness (QED) is 0.606. The van der Waals surface area contributed by atoms with Gasteiger partial charge in [-0.25, -0.2) is 0 Å². The van der Waals surface area contributed by atoms with E-state index in [-0.39, 0.29) is 6.54 Å². The van der Waals surface area contributed by atoms with Crippen molar-refractivity contribution in [3.8, 4) is 5.88 Å². The van der Waals surface area contributed by atoms with Crippen LogP contribution in [0.4, 0.5) is 11.5 Å². The fourth-order valence-corrected chi connectivity index (χ4v) is 0.891. The molecule has 6 nitrogen and oxygen atoms in total. The number of rotatable bonds is 4. The molecule has 0 spiro atoms. The molecule has 76 valence electrons. The van der Waals surface area contributed by atoms with Gasteiger partial charge in [0.05, 0.1) is 19.3 Å². The number of primary amides is 1. The van der Waals surface area contributed by atoms with Crippen LogP contribution in [0.25, 0.3) is 0 Å². The molecule has 0 aliphatic heterocycles. The summed E-state index contributed by atoms with van der Waals surface area (Å²) in [4.78, 5) is 14.5. The van der Waals surface area contributed by atoms with E-state index < -0.39 is 5.91 Å². The molecule has 1 amide bonds. The maximum Gasteiger partial charge on any atom is 0.238 e. The Labute approximate surface area is 81.3 Å². The zero-order valence-corrected chi connectivity index (χ0v) is 7.78. The van der Waals surface area contributed by atoms with Crippen molar-refractivity contribution < 1.29 is 9.53 Å². The summed E-state index contributed by atoms with van der Waals surface area (Å²) in [7, 11) is 1.47. The van der Waals surface area contributed by atoms with Crippen molar-refractivity contribution in [3.63, 3.8) is 0 Å². The molecule has 1 aromatic heterocycles. The number of hydrogen-bond acceptors (Lipinski definition) is 5. The molecule has 0 saturated heterocycles. The van der Waals surface area contributed by atoms with Gasteiger partial charge in [-0.05, 0) is 12.1 Å². The third-order valence-electron chi connectivity index (χ3n) is 1.53. The number of nitrogens with one attached hydrogen (secondary N) is 1. The summed E-state index contributed by atoms with van der Waals surface area (Å²) in [5, 5.41) is 2.72. The van der Waals surface area contributed by atoms with E-state index in [1.807, 2.05) is 0 Å². The minimum Gasteiger partial charge on any atom is -0.479 e. The predicted molar refractivity (Wildman–Crippen MR) is 52.9 cm³/mol. The van der Waals surface area contributed by atoms with Crippen molar-refractivity contribution in [3.05, 3.63) is 12.1 Å². The minimum atomic E-state index is -0.456. The molecule has 0 unspecified atom stereocenters. The first-order valence-corrected chi connectivity index (χ1v) is 3.96. The van der Waals surface area contributed by atoms with Crippen molar-refractivity contribution in [2.75, 3.05) is 24.7 Å². The first-order chi connectivity index (χ1) is 6.63. The molecule has 0 aromatic carbocycles. The number of anilines is 2. The van der Waals surface area contributed by atoms with Gasteiger partial charge in [0.2, 0.25) is 11.8 Å². The fraction of sp³-hybridized carbons (Fsp3) is 0.250. The van der Waals surface area contributed by atoms with Crippen LogP contribution in [0.2, 0.25) is 0 Å². The Morgan fingerprint density at radius 3 is 2.93 bits per heavy atom. The highest BCUT2D eigenvalue weighted by atomic mass is 16.5. The van der Waals surface area contributed by atoms with Gasteiger partial charge in [0, 0.05) is 0 Å². The average Bonchev–Trinajstić information content (AvgIpc) is 2.16. The summed E-state index contributed by atoms with van der Waals surface area (Å²) >= 11 is 0. The summed E-state index contributed by atoms with van der Waals surface area (Å²) in [6, 6.07) is 3.27. The van der Waals surface area contributed by atoms with Crippen LogP contribution in [-0.2, 0) is 4.79 Å². The molecule has 0 aliphatic rings. The molecule has 0 aliphatic carbocycles. The Balaban J connectivity index is 2.74. The lowest BCUT2D eigenvalue weighted by Gasteiger charge is -2.06. The van der Waals surface area contributed by atoms with Crippen LogP contribution in [0.1, 0.15) is 0 Å². The zero-order valence-electron chi connectivity index (χ0n) is 7.78. The minimum absolute atomic E-state index is 0.0278. The highest BCUT2D eigenvalue weighted by molar-refractivity contribution is 5.78. The Morgan fingerprint density at radius 1 is 1.64 bits per heavy atom. The molecule has 1 aromatic rings. The van der Waals surface area contributed by atoms with Gasteiger partial charge in [-0.2, -0.15) is 4.98 Å². The van der Waals surface area contributed by atoms with Gasteiger partial charge in [0.25, 0.3) is 0 Å². The number of nitrogen functional groups attached to an aromatic ring is 1. The Bertz CT molecular complexity index is 340. The van der Waals surface area contributed by atoms with Gasteiger partial charge in [-0.3, -0.25) is 4.79 Å². The standard InChI is InChI=1S/C8H12N4O2/c1-14-8-5(9)2-3-7(12-8)11-4-6(10)13/h2-3H,4,9H2,1H3,(H2,10,13)(H,11,12). The molecule has 0 fully saturated rings. The number of hydrogen-bond donors (Lipinski definition) is 3. The van der Waals surface area contributed by atoms with E-state index in [0.29, 0.717) is 17.4 Å². The number of nitrogens with zero attached hydrogens (tertiary/aromatic N) is 1. The summed E-state index contributed by atoms with van der Waals surface area (Å²) < 4.78 is 4.90. The molecule has 1 rings (SSSR count). The Kier molecular flexibility index (Phi) is 3.11. The average molecular weight is 196 g/mol. The smallest absolute Gasteiger partial charge is 0.238 e. The molecule has 0 atom stereocenters. The van der Waals surface area contributed by atoms with Crippen LogP contribution in [0.15, 0.2) is 12.1 Å². The molecule has 0 saturated carbocycles. The third-order valence-corrected chi connectivity index (χ3v) is 1.53. The van der Waals surface area contributed by atoms with E-state index in [2.05, 4.69) is 10.3 Å². The second-order valence-electron chi connectivity index (χ2n) is 2.61. The van der Waals surface area contributed by atoms with E-state index in [4.69, 9.17) is 16.2 Å². The molecular weight excluding hydrogens is 184 g/mol. The first kappa shape index (κ1) is 10.1. The number of nitrogens with two attached hydrogens (primary N) is 2. The van der Waals surface area contributed by atoms with Crippen LogP contribution in [0, 0.1) is 0 Å². The van der Waals surface area contributed by atoms with Crippen LogP contribution >= 0.6 is 0 Å². The van der Waals surface area contributed by atoms with Crippen LogP contribution in [-0.4, -0.2) is 24.5 Å². The number of carbonyl (C=O) groups excluding carboxylic acids is 1. The van der Waals surface area contributed by atoms with Crippen molar-refractivity contribution in [1.29, 1.82) is 0 Å². The maximum atomic E-state index is 10.5. The Morgan fingerprint density at radius 2 is 2.36 bits per heavy atom. The lowest BCUT2D eigenvalue weighted by molar-refractivity contribution is -0.116. The Hall–Kier alpha value is -1.98. The van der Waals surface area contributed by atoms with E-state index >= 15 is 0 Å². The molecule has 1 heterocycles. The first-order valence-electron chi connectivity index (χ1n) is 3.96. The summed E-state index contributed by atoms with van der Waals surface area (Å²) in [6.07, 6.45) is 0. The molecule has 5 N–H and O–H groups in total. The SMILES string of the molecule is COc1nc(NCC(N)=O)ccc1N. The van der Waals surface area contributed by atoms with Crippen molar-refractivity contribution in [2.24, 2.45) is 5.73 Å². The van der Waals surface area contributed by atoms with Crippen LogP contribution in [0.5, 0.6) is 5.88 Å². The lowest BCUT2D eigenvalue weighted by atomic mass is 10.4. The number of methoxy groups -OCH3 is 1. The van der Waals surface area contributed by atoms with E-state index in [1.54, 1.807) is 12.1 Å². The maximum absolute atomic E-state index is 10.5. The lowest BCUT2D eigenvalue weighted by Crippen LogP contribution is -2.22. The third kappa shape index (κ3) is 2.51. The van der Waals surface area contributed by atoms with E-state index in [0.717, 1.165) is 0 Å². The van der Waals surface area contributed by atoms with Gasteiger partial charge < -0.3 is 21.5 Å². The van der Waals surface area contributed by atoms with Gasteiger partial charge in [0.1, 0.15) is 5.82 Å². The number of carbonyl (C=O) groups is 1. The van der Waals surface area contributed by atoms with Gasteiger partial charge in [-0.15, -0.1) is 0 Å². The van der Waals surface area contributed by atoms with Crippen molar-refractivity contribution >= 4 is 17.4 Å². The number of aromatic nitrogens is 1. The topological polar surface area (TPSA) is 103 Å².